The first-order valence-corrected chi connectivity index (χ1v) is 11.9. The van der Waals surface area contributed by atoms with E-state index in [1.54, 1.807) is 12.2 Å². The molecule has 3 nitrogen and oxygen atoms in total. The van der Waals surface area contributed by atoms with E-state index in [1.165, 1.54) is 46.8 Å². The number of oxazole rings is 1. The maximum atomic E-state index is 12.6. The fraction of sp³-hybridized carbons (Fsp3) is 0.320. The molecule has 1 aromatic heterocycles. The highest BCUT2D eigenvalue weighted by Crippen LogP contribution is 2.29. The Balaban J connectivity index is 1.58. The number of unbranched alkanes of at least 4 members (excludes halogenated alkanes) is 1. The maximum absolute atomic E-state index is 12.6. The zero-order chi connectivity index (χ0) is 23.1. The van der Waals surface area contributed by atoms with Crippen molar-refractivity contribution < 1.29 is 22.3 Å². The van der Waals surface area contributed by atoms with Crippen molar-refractivity contribution in [3.8, 4) is 5.75 Å². The van der Waals surface area contributed by atoms with E-state index in [0.717, 1.165) is 29.9 Å². The van der Waals surface area contributed by atoms with Crippen LogP contribution >= 0.6 is 22.6 Å². The van der Waals surface area contributed by atoms with Gasteiger partial charge in [-0.05, 0) is 84.1 Å². The van der Waals surface area contributed by atoms with E-state index in [-0.39, 0.29) is 6.61 Å². The normalized spacial score (nSPS) is 11.9. The van der Waals surface area contributed by atoms with Gasteiger partial charge in [-0.1, -0.05) is 40.8 Å². The van der Waals surface area contributed by atoms with Crippen LogP contribution in [-0.4, -0.2) is 9.41 Å². The van der Waals surface area contributed by atoms with Crippen LogP contribution < -0.4 is 4.74 Å². The monoisotopic (exact) mass is 555 g/mol. The Kier molecular flexibility index (Phi) is 8.39. The van der Waals surface area contributed by atoms with Crippen molar-refractivity contribution in [3.05, 3.63) is 82.1 Å². The molecule has 3 rings (SSSR count). The molecule has 0 bridgehead atoms. The first-order valence-electron chi connectivity index (χ1n) is 10.4. The van der Waals surface area contributed by atoms with Gasteiger partial charge in [-0.3, -0.25) is 0 Å². The predicted octanol–water partition coefficient (Wildman–Crippen LogP) is 7.82. The van der Waals surface area contributed by atoms with Gasteiger partial charge in [0.05, 0.1) is 5.56 Å². The number of ether oxygens (including phenoxy) is 1. The van der Waals surface area contributed by atoms with Gasteiger partial charge in [0.2, 0.25) is 5.89 Å². The molecule has 1 heterocycles. The second-order valence-electron chi connectivity index (χ2n) is 7.54. The molecule has 170 valence electrons. The molecule has 0 spiro atoms. The Morgan fingerprint density at radius 3 is 2.44 bits per heavy atom. The fourth-order valence-electron chi connectivity index (χ4n) is 3.26. The van der Waals surface area contributed by atoms with E-state index in [1.807, 2.05) is 6.07 Å². The molecular weight excluding hydrogens is 530 g/mol. The molecule has 0 aliphatic heterocycles. The van der Waals surface area contributed by atoms with Crippen LogP contribution in [0.4, 0.5) is 13.2 Å². The van der Waals surface area contributed by atoms with Gasteiger partial charge in [0, 0.05) is 6.08 Å². The number of alkyl halides is 4. The van der Waals surface area contributed by atoms with E-state index in [9.17, 15) is 13.2 Å². The van der Waals surface area contributed by atoms with Crippen LogP contribution in [-0.2, 0) is 19.2 Å². The van der Waals surface area contributed by atoms with Gasteiger partial charge in [-0.2, -0.15) is 13.2 Å². The van der Waals surface area contributed by atoms with Crippen LogP contribution in [0.15, 0.2) is 47.1 Å². The molecule has 7 heteroatoms. The quantitative estimate of drug-likeness (QED) is 0.154. The van der Waals surface area contributed by atoms with Crippen LogP contribution in [0.1, 0.15) is 52.2 Å². The third-order valence-electron chi connectivity index (χ3n) is 5.28. The number of hydrogen-bond donors (Lipinski definition) is 0. The minimum atomic E-state index is -4.34. The third-order valence-corrected chi connectivity index (χ3v) is 6.04. The lowest BCUT2D eigenvalue weighted by Crippen LogP contribution is -2.03. The number of aromatic nitrogens is 1. The molecule has 0 amide bonds. The van der Waals surface area contributed by atoms with Gasteiger partial charge in [0.25, 0.3) is 0 Å². The zero-order valence-corrected chi connectivity index (χ0v) is 20.2. The Morgan fingerprint density at radius 2 is 1.75 bits per heavy atom. The Hall–Kier alpha value is -2.29. The van der Waals surface area contributed by atoms with Crippen molar-refractivity contribution in [2.24, 2.45) is 0 Å². The molecule has 0 aliphatic carbocycles. The number of nitrogens with zero attached hydrogens (tertiary/aromatic N) is 1. The summed E-state index contributed by atoms with van der Waals surface area (Å²) in [6, 6.07) is 9.05. The van der Waals surface area contributed by atoms with E-state index in [4.69, 9.17) is 9.15 Å². The fourth-order valence-corrected chi connectivity index (χ4v) is 3.80. The van der Waals surface area contributed by atoms with Crippen molar-refractivity contribution in [2.75, 3.05) is 4.43 Å². The lowest BCUT2D eigenvalue weighted by molar-refractivity contribution is -0.137. The Labute approximate surface area is 199 Å². The lowest BCUT2D eigenvalue weighted by Gasteiger charge is -2.14. The van der Waals surface area contributed by atoms with Gasteiger partial charge in [0.1, 0.15) is 24.3 Å². The number of hydrogen-bond acceptors (Lipinski definition) is 3. The smallest absolute Gasteiger partial charge is 0.416 e. The molecule has 0 unspecified atom stereocenters. The zero-order valence-electron chi connectivity index (χ0n) is 18.0. The highest BCUT2D eigenvalue weighted by atomic mass is 127. The molecule has 3 aromatic rings. The topological polar surface area (TPSA) is 35.3 Å². The van der Waals surface area contributed by atoms with Crippen molar-refractivity contribution in [1.29, 1.82) is 0 Å². The highest BCUT2D eigenvalue weighted by Gasteiger charge is 2.29. The molecule has 2 aromatic carbocycles. The highest BCUT2D eigenvalue weighted by molar-refractivity contribution is 14.1. The molecular formula is C25H25F3INO2. The summed E-state index contributed by atoms with van der Waals surface area (Å²) < 4.78 is 50.5. The summed E-state index contributed by atoms with van der Waals surface area (Å²) in [6.07, 6.45) is 3.93. The first kappa shape index (κ1) is 24.4. The van der Waals surface area contributed by atoms with E-state index < -0.39 is 11.7 Å². The number of rotatable bonds is 9. The van der Waals surface area contributed by atoms with Crippen molar-refractivity contribution in [3.63, 3.8) is 0 Å². The van der Waals surface area contributed by atoms with Crippen LogP contribution in [0.3, 0.4) is 0 Å². The molecule has 0 saturated carbocycles. The molecule has 0 fully saturated rings. The molecule has 32 heavy (non-hydrogen) atoms. The molecule has 0 aliphatic rings. The van der Waals surface area contributed by atoms with Gasteiger partial charge in [0.15, 0.2) is 0 Å². The predicted molar refractivity (Wildman–Crippen MR) is 129 cm³/mol. The summed E-state index contributed by atoms with van der Waals surface area (Å²) in [4.78, 5) is 4.36. The number of halogens is 4. The summed E-state index contributed by atoms with van der Waals surface area (Å²) >= 11 is 2.41. The second kappa shape index (κ2) is 11.0. The van der Waals surface area contributed by atoms with E-state index in [2.05, 4.69) is 47.5 Å². The van der Waals surface area contributed by atoms with Crippen molar-refractivity contribution >= 4 is 34.7 Å². The summed E-state index contributed by atoms with van der Waals surface area (Å²) in [6.45, 7) is 4.46. The SMILES string of the molecule is Cc1c(CCCCI)ccc(OCc2coc(/C=C/c3ccc(C(F)(F)F)cc3)n2)c1C. The van der Waals surface area contributed by atoms with Crippen molar-refractivity contribution in [2.45, 2.75) is 45.9 Å². The summed E-state index contributed by atoms with van der Waals surface area (Å²) in [7, 11) is 0. The third kappa shape index (κ3) is 6.60. The van der Waals surface area contributed by atoms with Gasteiger partial charge >= 0.3 is 6.18 Å². The average molecular weight is 555 g/mol. The molecule has 0 saturated heterocycles. The van der Waals surface area contributed by atoms with Crippen LogP contribution in [0.2, 0.25) is 0 Å². The molecule has 0 radical (unpaired) electrons. The summed E-state index contributed by atoms with van der Waals surface area (Å²) in [5.74, 6) is 1.19. The first-order chi connectivity index (χ1) is 15.3. The Bertz CT molecular complexity index is 1060. The number of benzene rings is 2. The van der Waals surface area contributed by atoms with Crippen molar-refractivity contribution in [1.82, 2.24) is 4.98 Å². The Morgan fingerprint density at radius 1 is 1.00 bits per heavy atom. The lowest BCUT2D eigenvalue weighted by atomic mass is 9.98. The van der Waals surface area contributed by atoms with Crippen LogP contribution in [0.5, 0.6) is 5.75 Å². The molecule has 0 atom stereocenters. The maximum Gasteiger partial charge on any atom is 0.416 e. The van der Waals surface area contributed by atoms with Gasteiger partial charge in [-0.25, -0.2) is 4.98 Å². The van der Waals surface area contributed by atoms with E-state index in [0.29, 0.717) is 17.1 Å². The van der Waals surface area contributed by atoms with Crippen LogP contribution in [0.25, 0.3) is 12.2 Å². The standard InChI is InChI=1S/C25H25F3INO2/c1-17-18(2)23(12-9-20(17)5-3-4-14-29)31-15-22-16-32-24(30-22)13-8-19-6-10-21(11-7-19)25(26,27)28/h6-13,16H,3-5,14-15H2,1-2H3/b13-8+. The van der Waals surface area contributed by atoms with Crippen LogP contribution in [0, 0.1) is 13.8 Å². The van der Waals surface area contributed by atoms with Gasteiger partial charge < -0.3 is 9.15 Å². The number of aryl methyl sites for hydroxylation is 1. The summed E-state index contributed by atoms with van der Waals surface area (Å²) in [5, 5.41) is 0. The average Bonchev–Trinajstić information content (AvgIpc) is 3.22. The minimum Gasteiger partial charge on any atom is -0.487 e. The largest absolute Gasteiger partial charge is 0.487 e. The second-order valence-corrected chi connectivity index (χ2v) is 8.62. The van der Waals surface area contributed by atoms with Gasteiger partial charge in [-0.15, -0.1) is 0 Å². The minimum absolute atomic E-state index is 0.270. The summed E-state index contributed by atoms with van der Waals surface area (Å²) in [5.41, 5.74) is 4.33. The van der Waals surface area contributed by atoms with E-state index >= 15 is 0 Å². The molecule has 0 N–H and O–H groups in total.